The minimum atomic E-state index is 1.08. The Morgan fingerprint density at radius 3 is 2.71 bits per heavy atom. The fraction of sp³-hybridized carbons (Fsp3) is 0.0909. The number of hydrogen-bond acceptors (Lipinski definition) is 0. The molecule has 0 fully saturated rings. The predicted molar refractivity (Wildman–Crippen MR) is 65.1 cm³/mol. The van der Waals surface area contributed by atoms with Crippen LogP contribution in [-0.2, 0) is 7.05 Å². The molecule has 0 spiro atoms. The Balaban J connectivity index is 2.62. The number of nitrogens with zero attached hydrogens (tertiary/aromatic N) is 1. The molecular formula is C11H8Br2N. The standard InChI is InChI=1S/C11H8Br2N/c1-14-6-2-3-11(14)9-7-8(12)4-5-10(9)13/h3-7H,1H3. The lowest BCUT2D eigenvalue weighted by atomic mass is 10.1. The second kappa shape index (κ2) is 3.91. The van der Waals surface area contributed by atoms with E-state index >= 15 is 0 Å². The van der Waals surface area contributed by atoms with Gasteiger partial charge in [-0.2, -0.15) is 0 Å². The molecule has 0 saturated carbocycles. The molecule has 1 aromatic heterocycles. The normalized spacial score (nSPS) is 10.5. The summed E-state index contributed by atoms with van der Waals surface area (Å²) in [5.41, 5.74) is 2.32. The van der Waals surface area contributed by atoms with E-state index in [0.717, 1.165) is 14.6 Å². The van der Waals surface area contributed by atoms with Gasteiger partial charge < -0.3 is 4.57 Å². The molecule has 14 heavy (non-hydrogen) atoms. The summed E-state index contributed by atoms with van der Waals surface area (Å²) in [6.45, 7) is 0. The molecule has 0 N–H and O–H groups in total. The highest BCUT2D eigenvalue weighted by Crippen LogP contribution is 2.30. The second-order valence-corrected chi connectivity index (χ2v) is 4.83. The maximum Gasteiger partial charge on any atom is 0.0495 e. The zero-order valence-electron chi connectivity index (χ0n) is 7.59. The first-order valence-corrected chi connectivity index (χ1v) is 5.75. The van der Waals surface area contributed by atoms with Crippen molar-refractivity contribution in [2.45, 2.75) is 0 Å². The van der Waals surface area contributed by atoms with E-state index in [1.54, 1.807) is 0 Å². The molecule has 1 radical (unpaired) electrons. The monoisotopic (exact) mass is 312 g/mol. The molecule has 0 amide bonds. The van der Waals surface area contributed by atoms with Gasteiger partial charge in [0.1, 0.15) is 0 Å². The molecule has 0 aliphatic heterocycles. The summed E-state index contributed by atoms with van der Waals surface area (Å²) in [7, 11) is 2.01. The fourth-order valence-electron chi connectivity index (χ4n) is 1.36. The van der Waals surface area contributed by atoms with E-state index in [4.69, 9.17) is 0 Å². The van der Waals surface area contributed by atoms with Gasteiger partial charge in [-0.05, 0) is 24.3 Å². The summed E-state index contributed by atoms with van der Waals surface area (Å²) in [5.74, 6) is 0. The smallest absolute Gasteiger partial charge is 0.0495 e. The van der Waals surface area contributed by atoms with E-state index in [-0.39, 0.29) is 0 Å². The molecule has 71 valence electrons. The Morgan fingerprint density at radius 1 is 1.29 bits per heavy atom. The minimum absolute atomic E-state index is 1.08. The van der Waals surface area contributed by atoms with E-state index < -0.39 is 0 Å². The van der Waals surface area contributed by atoms with E-state index in [9.17, 15) is 0 Å². The highest BCUT2D eigenvalue weighted by molar-refractivity contribution is 9.11. The van der Waals surface area contributed by atoms with Crippen LogP contribution >= 0.6 is 31.9 Å². The molecule has 0 saturated heterocycles. The van der Waals surface area contributed by atoms with Crippen LogP contribution in [-0.4, -0.2) is 4.57 Å². The average Bonchev–Trinajstić information content (AvgIpc) is 2.56. The number of aromatic nitrogens is 1. The zero-order chi connectivity index (χ0) is 10.1. The van der Waals surface area contributed by atoms with Gasteiger partial charge in [-0.3, -0.25) is 0 Å². The van der Waals surface area contributed by atoms with Crippen LogP contribution < -0.4 is 0 Å². The Labute approximate surface area is 100 Å². The van der Waals surface area contributed by atoms with Crippen molar-refractivity contribution in [1.29, 1.82) is 0 Å². The highest BCUT2D eigenvalue weighted by Gasteiger charge is 2.06. The van der Waals surface area contributed by atoms with Crippen LogP contribution in [0.1, 0.15) is 0 Å². The molecule has 3 heteroatoms. The van der Waals surface area contributed by atoms with Gasteiger partial charge in [0.05, 0.1) is 0 Å². The van der Waals surface area contributed by atoms with Crippen LogP contribution in [0.3, 0.4) is 0 Å². The zero-order valence-corrected chi connectivity index (χ0v) is 10.8. The molecule has 2 rings (SSSR count). The lowest BCUT2D eigenvalue weighted by Crippen LogP contribution is -1.89. The second-order valence-electron chi connectivity index (χ2n) is 3.06. The molecule has 0 bridgehead atoms. The van der Waals surface area contributed by atoms with Crippen molar-refractivity contribution in [3.05, 3.63) is 45.5 Å². The Kier molecular flexibility index (Phi) is 2.79. The van der Waals surface area contributed by atoms with Crippen molar-refractivity contribution in [1.82, 2.24) is 4.57 Å². The van der Waals surface area contributed by atoms with Crippen molar-refractivity contribution in [2.24, 2.45) is 7.05 Å². The number of benzene rings is 1. The van der Waals surface area contributed by atoms with E-state index in [0.29, 0.717) is 0 Å². The quantitative estimate of drug-likeness (QED) is 0.749. The van der Waals surface area contributed by atoms with Gasteiger partial charge in [-0.15, -0.1) is 0 Å². The summed E-state index contributed by atoms with van der Waals surface area (Å²) >= 11 is 7.00. The van der Waals surface area contributed by atoms with Gasteiger partial charge in [-0.25, -0.2) is 0 Å². The van der Waals surface area contributed by atoms with Crippen molar-refractivity contribution in [3.8, 4) is 11.3 Å². The molecule has 2 aromatic rings. The summed E-state index contributed by atoms with van der Waals surface area (Å²) < 4.78 is 4.22. The first-order valence-electron chi connectivity index (χ1n) is 4.16. The lowest BCUT2D eigenvalue weighted by Gasteiger charge is -2.06. The first-order chi connectivity index (χ1) is 6.68. The van der Waals surface area contributed by atoms with Crippen LogP contribution in [0.25, 0.3) is 11.3 Å². The van der Waals surface area contributed by atoms with Crippen molar-refractivity contribution < 1.29 is 0 Å². The van der Waals surface area contributed by atoms with Crippen LogP contribution in [0.4, 0.5) is 0 Å². The lowest BCUT2D eigenvalue weighted by molar-refractivity contribution is 0.936. The third kappa shape index (κ3) is 1.79. The van der Waals surface area contributed by atoms with Crippen molar-refractivity contribution in [2.75, 3.05) is 0 Å². The molecule has 0 unspecified atom stereocenters. The SMILES string of the molecule is Cn1c[c]cc1-c1cc(Br)ccc1Br. The Hall–Kier alpha value is -0.540. The highest BCUT2D eigenvalue weighted by atomic mass is 79.9. The fourth-order valence-corrected chi connectivity index (χ4v) is 2.17. The predicted octanol–water partition coefficient (Wildman–Crippen LogP) is 4.02. The Morgan fingerprint density at radius 2 is 2.07 bits per heavy atom. The third-order valence-electron chi connectivity index (χ3n) is 2.07. The van der Waals surface area contributed by atoms with Gasteiger partial charge in [-0.1, -0.05) is 31.9 Å². The summed E-state index contributed by atoms with van der Waals surface area (Å²) in [5, 5.41) is 0. The third-order valence-corrected chi connectivity index (χ3v) is 3.26. The summed E-state index contributed by atoms with van der Waals surface area (Å²) in [6, 6.07) is 11.2. The number of aryl methyl sites for hydroxylation is 1. The molecular weight excluding hydrogens is 306 g/mol. The Bertz CT molecular complexity index is 460. The summed E-state index contributed by atoms with van der Waals surface area (Å²) in [4.78, 5) is 0. The molecule has 1 heterocycles. The van der Waals surface area contributed by atoms with E-state index in [2.05, 4.69) is 44.0 Å². The van der Waals surface area contributed by atoms with Gasteiger partial charge in [0, 0.05) is 39.5 Å². The van der Waals surface area contributed by atoms with Gasteiger partial charge >= 0.3 is 0 Å². The molecule has 1 aromatic carbocycles. The van der Waals surface area contributed by atoms with E-state index in [1.165, 1.54) is 5.56 Å². The average molecular weight is 314 g/mol. The largest absolute Gasteiger partial charge is 0.350 e. The molecule has 0 aliphatic rings. The topological polar surface area (TPSA) is 4.93 Å². The summed E-state index contributed by atoms with van der Waals surface area (Å²) in [6.07, 6.45) is 1.92. The number of halogens is 2. The van der Waals surface area contributed by atoms with Gasteiger partial charge in [0.25, 0.3) is 0 Å². The van der Waals surface area contributed by atoms with Crippen LogP contribution in [0.2, 0.25) is 0 Å². The van der Waals surface area contributed by atoms with Gasteiger partial charge in [0.15, 0.2) is 0 Å². The van der Waals surface area contributed by atoms with Gasteiger partial charge in [0.2, 0.25) is 0 Å². The maximum atomic E-state index is 3.54. The molecule has 0 aliphatic carbocycles. The van der Waals surface area contributed by atoms with Crippen LogP contribution in [0, 0.1) is 6.07 Å². The minimum Gasteiger partial charge on any atom is -0.350 e. The van der Waals surface area contributed by atoms with E-state index in [1.807, 2.05) is 36.0 Å². The van der Waals surface area contributed by atoms with Crippen LogP contribution in [0.15, 0.2) is 39.4 Å². The van der Waals surface area contributed by atoms with Crippen molar-refractivity contribution >= 4 is 31.9 Å². The molecule has 0 atom stereocenters. The number of hydrogen-bond donors (Lipinski definition) is 0. The molecule has 1 nitrogen and oxygen atoms in total. The van der Waals surface area contributed by atoms with Crippen molar-refractivity contribution in [3.63, 3.8) is 0 Å². The first kappa shape index (κ1) is 9.99. The maximum absolute atomic E-state index is 3.54. The van der Waals surface area contributed by atoms with Crippen LogP contribution in [0.5, 0.6) is 0 Å². The number of rotatable bonds is 1.